The second-order valence-electron chi connectivity index (χ2n) is 6.04. The number of carbonyl (C=O) groups is 1. The van der Waals surface area contributed by atoms with E-state index in [1.807, 2.05) is 48.5 Å². The van der Waals surface area contributed by atoms with Gasteiger partial charge in [-0.1, -0.05) is 24.3 Å². The molecule has 1 saturated heterocycles. The maximum absolute atomic E-state index is 12.2. The van der Waals surface area contributed by atoms with E-state index < -0.39 is 0 Å². The summed E-state index contributed by atoms with van der Waals surface area (Å²) in [5, 5.41) is 2.86. The number of ether oxygens (including phenoxy) is 3. The van der Waals surface area contributed by atoms with Crippen molar-refractivity contribution in [3.8, 4) is 11.5 Å². The van der Waals surface area contributed by atoms with Gasteiger partial charge in [-0.15, -0.1) is 0 Å². The highest BCUT2D eigenvalue weighted by Gasteiger charge is 2.16. The molecule has 1 N–H and O–H groups in total. The molecule has 136 valence electrons. The van der Waals surface area contributed by atoms with Gasteiger partial charge >= 0.3 is 0 Å². The van der Waals surface area contributed by atoms with Gasteiger partial charge in [-0.25, -0.2) is 0 Å². The minimum absolute atomic E-state index is 0.133. The predicted octanol–water partition coefficient (Wildman–Crippen LogP) is 3.90. The fourth-order valence-corrected chi connectivity index (χ4v) is 2.72. The third-order valence-electron chi connectivity index (χ3n) is 4.14. The number of benzene rings is 2. The first-order valence-electron chi connectivity index (χ1n) is 8.71. The van der Waals surface area contributed by atoms with Crippen molar-refractivity contribution >= 4 is 17.7 Å². The number of hydrogen-bond donors (Lipinski definition) is 1. The van der Waals surface area contributed by atoms with E-state index in [4.69, 9.17) is 14.2 Å². The van der Waals surface area contributed by atoms with Gasteiger partial charge in [0.25, 0.3) is 0 Å². The summed E-state index contributed by atoms with van der Waals surface area (Å²) in [4.78, 5) is 12.2. The van der Waals surface area contributed by atoms with Gasteiger partial charge in [0.2, 0.25) is 5.91 Å². The normalized spacial score (nSPS) is 16.6. The molecule has 1 unspecified atom stereocenters. The van der Waals surface area contributed by atoms with E-state index in [0.717, 1.165) is 30.8 Å². The van der Waals surface area contributed by atoms with Crippen LogP contribution in [0.4, 0.5) is 5.69 Å². The van der Waals surface area contributed by atoms with Crippen LogP contribution >= 0.6 is 0 Å². The van der Waals surface area contributed by atoms with Gasteiger partial charge in [-0.05, 0) is 48.7 Å². The summed E-state index contributed by atoms with van der Waals surface area (Å²) < 4.78 is 16.5. The molecule has 2 aromatic carbocycles. The van der Waals surface area contributed by atoms with Crippen molar-refractivity contribution < 1.29 is 19.0 Å². The zero-order chi connectivity index (χ0) is 18.2. The van der Waals surface area contributed by atoms with Gasteiger partial charge in [0.1, 0.15) is 18.1 Å². The van der Waals surface area contributed by atoms with Crippen molar-refractivity contribution in [3.05, 3.63) is 60.2 Å². The Morgan fingerprint density at radius 3 is 2.77 bits per heavy atom. The molecular weight excluding hydrogens is 330 g/mol. The molecular formula is C21H23NO4. The van der Waals surface area contributed by atoms with E-state index in [9.17, 15) is 4.79 Å². The zero-order valence-electron chi connectivity index (χ0n) is 14.8. The lowest BCUT2D eigenvalue weighted by atomic mass is 10.2. The largest absolute Gasteiger partial charge is 0.497 e. The zero-order valence-corrected chi connectivity index (χ0v) is 14.8. The van der Waals surface area contributed by atoms with Crippen LogP contribution in [0.1, 0.15) is 18.4 Å². The number of nitrogens with one attached hydrogen (secondary N) is 1. The van der Waals surface area contributed by atoms with E-state index in [0.29, 0.717) is 18.0 Å². The van der Waals surface area contributed by atoms with Crippen molar-refractivity contribution in [3.63, 3.8) is 0 Å². The summed E-state index contributed by atoms with van der Waals surface area (Å²) in [6.07, 6.45) is 5.47. The first-order chi connectivity index (χ1) is 12.7. The van der Waals surface area contributed by atoms with Crippen LogP contribution in [-0.4, -0.2) is 32.3 Å². The van der Waals surface area contributed by atoms with E-state index in [1.54, 1.807) is 13.2 Å². The van der Waals surface area contributed by atoms with E-state index in [1.165, 1.54) is 6.08 Å². The van der Waals surface area contributed by atoms with Crippen molar-refractivity contribution in [2.45, 2.75) is 18.9 Å². The molecule has 2 aromatic rings. The Balaban J connectivity index is 1.58. The number of methoxy groups -OCH3 is 1. The lowest BCUT2D eigenvalue weighted by Crippen LogP contribution is -2.17. The molecule has 1 amide bonds. The van der Waals surface area contributed by atoms with Gasteiger partial charge < -0.3 is 19.5 Å². The van der Waals surface area contributed by atoms with Crippen molar-refractivity contribution in [1.29, 1.82) is 0 Å². The van der Waals surface area contributed by atoms with Gasteiger partial charge in [0.15, 0.2) is 0 Å². The Morgan fingerprint density at radius 2 is 2.04 bits per heavy atom. The molecule has 1 fully saturated rings. The van der Waals surface area contributed by atoms with Crippen molar-refractivity contribution in [2.24, 2.45) is 0 Å². The summed E-state index contributed by atoms with van der Waals surface area (Å²) in [7, 11) is 1.62. The number of hydrogen-bond acceptors (Lipinski definition) is 4. The fourth-order valence-electron chi connectivity index (χ4n) is 2.72. The van der Waals surface area contributed by atoms with Crippen LogP contribution in [0, 0.1) is 0 Å². The summed E-state index contributed by atoms with van der Waals surface area (Å²) >= 11 is 0. The molecule has 0 aromatic heterocycles. The van der Waals surface area contributed by atoms with Crippen LogP contribution in [0.25, 0.3) is 6.08 Å². The third-order valence-corrected chi connectivity index (χ3v) is 4.14. The summed E-state index contributed by atoms with van der Waals surface area (Å²) in [6, 6.07) is 14.9. The molecule has 0 spiro atoms. The molecule has 0 aliphatic carbocycles. The van der Waals surface area contributed by atoms with Crippen LogP contribution in [0.15, 0.2) is 54.6 Å². The minimum Gasteiger partial charge on any atom is -0.497 e. The number of para-hydroxylation sites is 2. The molecule has 0 bridgehead atoms. The van der Waals surface area contributed by atoms with Crippen molar-refractivity contribution in [1.82, 2.24) is 0 Å². The first kappa shape index (κ1) is 18.0. The topological polar surface area (TPSA) is 56.8 Å². The summed E-state index contributed by atoms with van der Waals surface area (Å²) in [5.74, 6) is 1.21. The smallest absolute Gasteiger partial charge is 0.248 e. The molecule has 3 rings (SSSR count). The van der Waals surface area contributed by atoms with E-state index >= 15 is 0 Å². The lowest BCUT2D eigenvalue weighted by molar-refractivity contribution is -0.111. The molecule has 0 radical (unpaired) electrons. The molecule has 5 heteroatoms. The number of amides is 1. The number of anilines is 1. The Labute approximate surface area is 153 Å². The molecule has 1 atom stereocenters. The van der Waals surface area contributed by atoms with Gasteiger partial charge in [0.05, 0.1) is 18.9 Å². The van der Waals surface area contributed by atoms with Crippen LogP contribution in [0.3, 0.4) is 0 Å². The SMILES string of the molecule is COc1ccc(/C=C/C(=O)Nc2ccccc2OCC2CCCO2)cc1. The number of rotatable bonds is 7. The Hall–Kier alpha value is -2.79. The van der Waals surface area contributed by atoms with Crippen molar-refractivity contribution in [2.75, 3.05) is 25.6 Å². The van der Waals surface area contributed by atoms with Gasteiger partial charge in [-0.2, -0.15) is 0 Å². The third kappa shape index (κ3) is 5.10. The van der Waals surface area contributed by atoms with Crippen LogP contribution in [-0.2, 0) is 9.53 Å². The molecule has 1 aliphatic heterocycles. The highest BCUT2D eigenvalue weighted by molar-refractivity contribution is 6.02. The first-order valence-corrected chi connectivity index (χ1v) is 8.71. The molecule has 5 nitrogen and oxygen atoms in total. The van der Waals surface area contributed by atoms with Crippen LogP contribution in [0.5, 0.6) is 11.5 Å². The van der Waals surface area contributed by atoms with Gasteiger partial charge in [-0.3, -0.25) is 4.79 Å². The summed E-state index contributed by atoms with van der Waals surface area (Å²) in [5.41, 5.74) is 1.57. The molecule has 0 saturated carbocycles. The second kappa shape index (κ2) is 9.06. The standard InChI is InChI=1S/C21H23NO4/c1-24-17-11-8-16(9-12-17)10-13-21(23)22-19-6-2-3-7-20(19)26-15-18-5-4-14-25-18/h2-3,6-13,18H,4-5,14-15H2,1H3,(H,22,23)/b13-10+. The predicted molar refractivity (Wildman–Crippen MR) is 102 cm³/mol. The van der Waals surface area contributed by atoms with Crippen LogP contribution < -0.4 is 14.8 Å². The summed E-state index contributed by atoms with van der Waals surface area (Å²) in [6.45, 7) is 1.29. The lowest BCUT2D eigenvalue weighted by Gasteiger charge is -2.14. The molecule has 1 aliphatic rings. The van der Waals surface area contributed by atoms with E-state index in [-0.39, 0.29) is 12.0 Å². The molecule has 1 heterocycles. The monoisotopic (exact) mass is 353 g/mol. The van der Waals surface area contributed by atoms with Gasteiger partial charge in [0, 0.05) is 12.7 Å². The number of carbonyl (C=O) groups excluding carboxylic acids is 1. The highest BCUT2D eigenvalue weighted by Crippen LogP contribution is 2.25. The quantitative estimate of drug-likeness (QED) is 0.767. The highest BCUT2D eigenvalue weighted by atomic mass is 16.5. The Morgan fingerprint density at radius 1 is 1.23 bits per heavy atom. The van der Waals surface area contributed by atoms with Crippen LogP contribution in [0.2, 0.25) is 0 Å². The minimum atomic E-state index is -0.214. The average molecular weight is 353 g/mol. The average Bonchev–Trinajstić information content (AvgIpc) is 3.20. The maximum Gasteiger partial charge on any atom is 0.248 e. The Kier molecular flexibility index (Phi) is 6.28. The second-order valence-corrected chi connectivity index (χ2v) is 6.04. The fraction of sp³-hybridized carbons (Fsp3) is 0.286. The Bertz CT molecular complexity index is 749. The molecule has 26 heavy (non-hydrogen) atoms. The van der Waals surface area contributed by atoms with E-state index in [2.05, 4.69) is 5.32 Å². The maximum atomic E-state index is 12.2.